The smallest absolute Gasteiger partial charge is 0.0401 e. The Bertz CT molecular complexity index is 343. The second kappa shape index (κ2) is 2.50. The van der Waals surface area contributed by atoms with Crippen molar-refractivity contribution in [3.05, 3.63) is 29.3 Å². The minimum absolute atomic E-state index is 0.877. The first-order valence-electron chi connectivity index (χ1n) is 5.19. The standard InChI is InChI=1S/C12H15N/c1-13-8-7-10-6-5-9-3-2-4-11(13)12(9)10/h2-4,10H,5-8H2,1H3. The van der Waals surface area contributed by atoms with Crippen LogP contribution in [0.1, 0.15) is 29.9 Å². The maximum Gasteiger partial charge on any atom is 0.0401 e. The van der Waals surface area contributed by atoms with Crippen LogP contribution in [-0.4, -0.2) is 13.6 Å². The van der Waals surface area contributed by atoms with Crippen LogP contribution in [0.4, 0.5) is 5.69 Å². The fraction of sp³-hybridized carbons (Fsp3) is 0.500. The summed E-state index contributed by atoms with van der Waals surface area (Å²) >= 11 is 0. The maximum atomic E-state index is 2.40. The first kappa shape index (κ1) is 7.43. The zero-order valence-corrected chi connectivity index (χ0v) is 8.09. The summed E-state index contributed by atoms with van der Waals surface area (Å²) in [6.07, 6.45) is 4.06. The molecular formula is C12H15N. The van der Waals surface area contributed by atoms with Crippen LogP contribution in [-0.2, 0) is 6.42 Å². The van der Waals surface area contributed by atoms with Crippen molar-refractivity contribution < 1.29 is 0 Å². The summed E-state index contributed by atoms with van der Waals surface area (Å²) in [6.45, 7) is 1.24. The summed E-state index contributed by atoms with van der Waals surface area (Å²) < 4.78 is 0. The largest absolute Gasteiger partial charge is 0.374 e. The SMILES string of the molecule is CN1CCC2CCc3cccc1c32. The zero-order chi connectivity index (χ0) is 8.84. The van der Waals surface area contributed by atoms with Gasteiger partial charge in [-0.3, -0.25) is 0 Å². The monoisotopic (exact) mass is 173 g/mol. The van der Waals surface area contributed by atoms with Gasteiger partial charge < -0.3 is 4.90 Å². The van der Waals surface area contributed by atoms with Crippen LogP contribution in [0.15, 0.2) is 18.2 Å². The Labute approximate surface area is 79.4 Å². The van der Waals surface area contributed by atoms with Gasteiger partial charge in [-0.25, -0.2) is 0 Å². The topological polar surface area (TPSA) is 3.24 Å². The fourth-order valence-corrected chi connectivity index (χ4v) is 2.85. The summed E-state index contributed by atoms with van der Waals surface area (Å²) in [5.41, 5.74) is 4.76. The molecule has 0 saturated carbocycles. The summed E-state index contributed by atoms with van der Waals surface area (Å²) in [6, 6.07) is 6.78. The molecule has 68 valence electrons. The van der Waals surface area contributed by atoms with E-state index in [1.54, 1.807) is 11.1 Å². The third kappa shape index (κ3) is 0.932. The molecule has 3 rings (SSSR count). The van der Waals surface area contributed by atoms with Gasteiger partial charge in [-0.15, -0.1) is 0 Å². The molecular weight excluding hydrogens is 158 g/mol. The van der Waals surface area contributed by atoms with Crippen LogP contribution >= 0.6 is 0 Å². The Morgan fingerprint density at radius 1 is 1.31 bits per heavy atom. The van der Waals surface area contributed by atoms with Crippen LogP contribution in [0.5, 0.6) is 0 Å². The number of rotatable bonds is 0. The lowest BCUT2D eigenvalue weighted by molar-refractivity contribution is 0.592. The molecule has 0 spiro atoms. The Morgan fingerprint density at radius 2 is 2.23 bits per heavy atom. The summed E-state index contributed by atoms with van der Waals surface area (Å²) in [7, 11) is 2.21. The predicted molar refractivity (Wildman–Crippen MR) is 55.4 cm³/mol. The lowest BCUT2D eigenvalue weighted by Gasteiger charge is -2.31. The molecule has 0 fully saturated rings. The number of nitrogens with zero attached hydrogens (tertiary/aromatic N) is 1. The van der Waals surface area contributed by atoms with Crippen molar-refractivity contribution in [2.45, 2.75) is 25.2 Å². The molecule has 1 unspecified atom stereocenters. The highest BCUT2D eigenvalue weighted by molar-refractivity contribution is 5.61. The van der Waals surface area contributed by atoms with Crippen molar-refractivity contribution in [1.82, 2.24) is 0 Å². The highest BCUT2D eigenvalue weighted by Gasteiger charge is 2.29. The van der Waals surface area contributed by atoms with E-state index in [1.807, 2.05) is 0 Å². The van der Waals surface area contributed by atoms with Crippen LogP contribution in [0.25, 0.3) is 0 Å². The lowest BCUT2D eigenvalue weighted by atomic mass is 9.92. The van der Waals surface area contributed by atoms with E-state index < -0.39 is 0 Å². The van der Waals surface area contributed by atoms with E-state index in [1.165, 1.54) is 31.5 Å². The maximum absolute atomic E-state index is 2.40. The molecule has 0 radical (unpaired) electrons. The first-order valence-corrected chi connectivity index (χ1v) is 5.19. The van der Waals surface area contributed by atoms with Gasteiger partial charge in [-0.05, 0) is 42.4 Å². The van der Waals surface area contributed by atoms with Crippen LogP contribution in [0.2, 0.25) is 0 Å². The van der Waals surface area contributed by atoms with Crippen molar-refractivity contribution in [3.63, 3.8) is 0 Å². The Hall–Kier alpha value is -0.980. The van der Waals surface area contributed by atoms with Gasteiger partial charge in [0, 0.05) is 19.3 Å². The first-order chi connectivity index (χ1) is 6.36. The number of anilines is 1. The number of hydrogen-bond donors (Lipinski definition) is 0. The predicted octanol–water partition coefficient (Wildman–Crippen LogP) is 2.56. The van der Waals surface area contributed by atoms with Gasteiger partial charge in [-0.2, -0.15) is 0 Å². The molecule has 1 aliphatic heterocycles. The summed E-state index contributed by atoms with van der Waals surface area (Å²) in [4.78, 5) is 2.40. The fourth-order valence-electron chi connectivity index (χ4n) is 2.85. The van der Waals surface area contributed by atoms with E-state index in [4.69, 9.17) is 0 Å². The van der Waals surface area contributed by atoms with E-state index in [0.717, 1.165) is 5.92 Å². The molecule has 1 heteroatoms. The quantitative estimate of drug-likeness (QED) is 0.583. The molecule has 1 atom stereocenters. The third-order valence-corrected chi connectivity index (χ3v) is 3.57. The van der Waals surface area contributed by atoms with Gasteiger partial charge in [0.2, 0.25) is 0 Å². The molecule has 0 saturated heterocycles. The molecule has 1 aromatic carbocycles. The zero-order valence-electron chi connectivity index (χ0n) is 8.09. The van der Waals surface area contributed by atoms with Crippen molar-refractivity contribution in [1.29, 1.82) is 0 Å². The average Bonchev–Trinajstić information content (AvgIpc) is 2.57. The Balaban J connectivity index is 2.22. The van der Waals surface area contributed by atoms with E-state index in [-0.39, 0.29) is 0 Å². The Morgan fingerprint density at radius 3 is 3.15 bits per heavy atom. The number of hydrogen-bond acceptors (Lipinski definition) is 1. The number of benzene rings is 1. The van der Waals surface area contributed by atoms with Crippen LogP contribution in [0, 0.1) is 0 Å². The Kier molecular flexibility index (Phi) is 1.43. The minimum atomic E-state index is 0.877. The van der Waals surface area contributed by atoms with Crippen LogP contribution < -0.4 is 4.90 Å². The van der Waals surface area contributed by atoms with Gasteiger partial charge in [0.1, 0.15) is 0 Å². The van der Waals surface area contributed by atoms with Gasteiger partial charge in [0.05, 0.1) is 0 Å². The molecule has 1 aliphatic carbocycles. The average molecular weight is 173 g/mol. The normalized spacial score (nSPS) is 24.7. The van der Waals surface area contributed by atoms with Crippen molar-refractivity contribution >= 4 is 5.69 Å². The second-order valence-corrected chi connectivity index (χ2v) is 4.30. The molecule has 0 bridgehead atoms. The molecule has 0 amide bonds. The highest BCUT2D eigenvalue weighted by atomic mass is 15.1. The number of aryl methyl sites for hydroxylation is 1. The van der Waals surface area contributed by atoms with E-state index in [0.29, 0.717) is 0 Å². The molecule has 2 aliphatic rings. The van der Waals surface area contributed by atoms with Crippen molar-refractivity contribution in [3.8, 4) is 0 Å². The van der Waals surface area contributed by atoms with Crippen molar-refractivity contribution in [2.75, 3.05) is 18.5 Å². The van der Waals surface area contributed by atoms with E-state index >= 15 is 0 Å². The molecule has 0 N–H and O–H groups in total. The van der Waals surface area contributed by atoms with Gasteiger partial charge in [-0.1, -0.05) is 12.1 Å². The van der Waals surface area contributed by atoms with Crippen LogP contribution in [0.3, 0.4) is 0 Å². The molecule has 1 nitrogen and oxygen atoms in total. The summed E-state index contributed by atoms with van der Waals surface area (Å²) in [5.74, 6) is 0.877. The molecule has 13 heavy (non-hydrogen) atoms. The van der Waals surface area contributed by atoms with E-state index in [9.17, 15) is 0 Å². The van der Waals surface area contributed by atoms with E-state index in [2.05, 4.69) is 30.1 Å². The van der Waals surface area contributed by atoms with Gasteiger partial charge in [0.15, 0.2) is 0 Å². The van der Waals surface area contributed by atoms with Gasteiger partial charge in [0.25, 0.3) is 0 Å². The lowest BCUT2D eigenvalue weighted by Crippen LogP contribution is -2.26. The minimum Gasteiger partial charge on any atom is -0.374 e. The van der Waals surface area contributed by atoms with Crippen molar-refractivity contribution in [2.24, 2.45) is 0 Å². The van der Waals surface area contributed by atoms with Gasteiger partial charge >= 0.3 is 0 Å². The highest BCUT2D eigenvalue weighted by Crippen LogP contribution is 2.44. The third-order valence-electron chi connectivity index (χ3n) is 3.57. The summed E-state index contributed by atoms with van der Waals surface area (Å²) in [5, 5.41) is 0. The second-order valence-electron chi connectivity index (χ2n) is 4.30. The molecule has 1 heterocycles. The molecule has 1 aromatic rings. The molecule has 0 aromatic heterocycles.